The van der Waals surface area contributed by atoms with Crippen LogP contribution >= 0.6 is 11.6 Å². The van der Waals surface area contributed by atoms with E-state index in [-0.39, 0.29) is 6.54 Å². The Hall–Kier alpha value is -4.63. The van der Waals surface area contributed by atoms with E-state index in [0.717, 1.165) is 0 Å². The van der Waals surface area contributed by atoms with Crippen molar-refractivity contribution in [1.29, 1.82) is 5.26 Å². The number of fused-ring (bicyclic) bond motifs is 1. The van der Waals surface area contributed by atoms with Crippen LogP contribution < -0.4 is 24.4 Å². The molecule has 1 N–H and O–H groups in total. The maximum atomic E-state index is 14.6. The Kier molecular flexibility index (Phi) is 9.68. The van der Waals surface area contributed by atoms with Crippen molar-refractivity contribution in [2.75, 3.05) is 31.0 Å². The average Bonchev–Trinajstić information content (AvgIpc) is 3.26. The van der Waals surface area contributed by atoms with E-state index in [1.807, 2.05) is 19.9 Å². The quantitative estimate of drug-likeness (QED) is 0.175. The summed E-state index contributed by atoms with van der Waals surface area (Å²) in [7, 11) is 2.93. The minimum absolute atomic E-state index is 0.186. The molecule has 0 aromatic heterocycles. The summed E-state index contributed by atoms with van der Waals surface area (Å²) in [4.78, 5) is 21.4. The smallest absolute Gasteiger partial charge is 0.497 e. The molecule has 1 amide bonds. The fourth-order valence-corrected chi connectivity index (χ4v) is 5.21. The highest BCUT2D eigenvalue weighted by atomic mass is 35.5. The van der Waals surface area contributed by atoms with E-state index in [4.69, 9.17) is 25.9 Å². The lowest BCUT2D eigenvalue weighted by Crippen LogP contribution is -2.39. The third-order valence-electron chi connectivity index (χ3n) is 7.35. The number of nitrogens with one attached hydrogen (secondary N) is 1. The Labute approximate surface area is 270 Å². The minimum Gasteiger partial charge on any atom is -0.497 e. The second-order valence-corrected chi connectivity index (χ2v) is 12.3. The number of rotatable bonds is 10. The Bertz CT molecular complexity index is 1700. The molecule has 13 heteroatoms. The summed E-state index contributed by atoms with van der Waals surface area (Å²) in [5, 5.41) is 17.1. The van der Waals surface area contributed by atoms with Gasteiger partial charge in [0.15, 0.2) is 0 Å². The lowest BCUT2D eigenvalue weighted by molar-refractivity contribution is -0.274. The molecule has 0 bridgehead atoms. The Morgan fingerprint density at radius 3 is 2.41 bits per heavy atom. The number of methoxy groups -OCH3 is 2. The van der Waals surface area contributed by atoms with Crippen LogP contribution in [-0.4, -0.2) is 44.3 Å². The minimum atomic E-state index is -4.90. The first kappa shape index (κ1) is 34.2. The number of hydrogen-bond acceptors (Lipinski definition) is 8. The molecule has 3 aromatic rings. The van der Waals surface area contributed by atoms with E-state index < -0.39 is 35.1 Å². The topological polar surface area (TPSA) is 105 Å². The van der Waals surface area contributed by atoms with E-state index in [1.54, 1.807) is 63.2 Å². The maximum Gasteiger partial charge on any atom is 0.573 e. The van der Waals surface area contributed by atoms with Gasteiger partial charge in [0, 0.05) is 45.9 Å². The van der Waals surface area contributed by atoms with E-state index in [0.29, 0.717) is 50.3 Å². The molecule has 1 aliphatic heterocycles. The molecule has 1 atom stereocenters. The molecule has 4 rings (SSSR count). The van der Waals surface area contributed by atoms with Crippen LogP contribution in [0.25, 0.3) is 0 Å². The molecule has 1 aliphatic rings. The summed E-state index contributed by atoms with van der Waals surface area (Å²) in [5.41, 5.74) is 1.14. The summed E-state index contributed by atoms with van der Waals surface area (Å²) < 4.78 is 54.6. The van der Waals surface area contributed by atoms with Crippen LogP contribution in [0.3, 0.4) is 0 Å². The third-order valence-corrected chi connectivity index (χ3v) is 7.58. The number of carbonyl (C=O) groups is 1. The molecule has 46 heavy (non-hydrogen) atoms. The molecule has 1 heterocycles. The first-order valence-corrected chi connectivity index (χ1v) is 14.5. The van der Waals surface area contributed by atoms with E-state index in [1.165, 1.54) is 31.3 Å². The van der Waals surface area contributed by atoms with Crippen molar-refractivity contribution >= 4 is 34.6 Å². The Balaban J connectivity index is 1.81. The molecule has 3 aromatic carbocycles. The number of ether oxygens (including phenoxy) is 3. The van der Waals surface area contributed by atoms with Crippen molar-refractivity contribution in [1.82, 2.24) is 0 Å². The molecular formula is C33H34ClF3N4O5. The lowest BCUT2D eigenvalue weighted by atomic mass is 9.87. The van der Waals surface area contributed by atoms with Crippen LogP contribution in [-0.2, 0) is 15.0 Å². The summed E-state index contributed by atoms with van der Waals surface area (Å²) in [6, 6.07) is 14.9. The van der Waals surface area contributed by atoms with Gasteiger partial charge in [-0.2, -0.15) is 5.26 Å². The number of benzene rings is 3. The average molecular weight is 659 g/mol. The largest absolute Gasteiger partial charge is 0.573 e. The van der Waals surface area contributed by atoms with Crippen molar-refractivity contribution in [2.24, 2.45) is 5.16 Å². The Morgan fingerprint density at radius 1 is 1.07 bits per heavy atom. The van der Waals surface area contributed by atoms with Crippen LogP contribution in [0.1, 0.15) is 57.4 Å². The number of nitriles is 1. The van der Waals surface area contributed by atoms with Crippen LogP contribution in [0.5, 0.6) is 17.2 Å². The number of amides is 1. The fraction of sp³-hybridized carbons (Fsp3) is 0.364. The first-order valence-electron chi connectivity index (χ1n) is 14.1. The monoisotopic (exact) mass is 658 g/mol. The van der Waals surface area contributed by atoms with Gasteiger partial charge in [0.1, 0.15) is 29.4 Å². The molecular weight excluding hydrogens is 625 g/mol. The molecule has 1 unspecified atom stereocenters. The van der Waals surface area contributed by atoms with Crippen molar-refractivity contribution in [3.63, 3.8) is 0 Å². The van der Waals surface area contributed by atoms with Crippen LogP contribution in [0, 0.1) is 11.3 Å². The summed E-state index contributed by atoms with van der Waals surface area (Å²) >= 11 is 6.25. The van der Waals surface area contributed by atoms with Gasteiger partial charge in [-0.05, 0) is 56.7 Å². The van der Waals surface area contributed by atoms with Crippen molar-refractivity contribution in [2.45, 2.75) is 58.0 Å². The zero-order valence-electron chi connectivity index (χ0n) is 26.4. The number of oxime groups is 1. The highest BCUT2D eigenvalue weighted by Crippen LogP contribution is 2.45. The summed E-state index contributed by atoms with van der Waals surface area (Å²) in [6.45, 7) is 8.84. The zero-order valence-corrected chi connectivity index (χ0v) is 27.1. The number of halogens is 4. The molecule has 0 spiro atoms. The zero-order chi connectivity index (χ0) is 34.0. The van der Waals surface area contributed by atoms with Crippen LogP contribution in [0.4, 0.5) is 24.5 Å². The van der Waals surface area contributed by atoms with Gasteiger partial charge in [-0.3, -0.25) is 4.79 Å². The SMILES string of the molecule is COc1cc(NC(C(=O)N2CC(C)(C)c3ccc(OC(F)(F)F)cc32)c2ccc(Cl)cc2OC)cc(/C(C)=N/OC(C)(C)C#N)c1. The number of alkyl halides is 3. The summed E-state index contributed by atoms with van der Waals surface area (Å²) in [6.07, 6.45) is -4.90. The number of anilines is 2. The predicted molar refractivity (Wildman–Crippen MR) is 169 cm³/mol. The number of nitrogens with zero attached hydrogens (tertiary/aromatic N) is 3. The fourth-order valence-electron chi connectivity index (χ4n) is 5.05. The van der Waals surface area contributed by atoms with Crippen molar-refractivity contribution in [3.8, 4) is 23.3 Å². The third kappa shape index (κ3) is 7.77. The van der Waals surface area contributed by atoms with Gasteiger partial charge in [-0.15, -0.1) is 13.2 Å². The van der Waals surface area contributed by atoms with Gasteiger partial charge < -0.3 is 29.3 Å². The first-order chi connectivity index (χ1) is 21.5. The van der Waals surface area contributed by atoms with Gasteiger partial charge >= 0.3 is 6.36 Å². The summed E-state index contributed by atoms with van der Waals surface area (Å²) in [5.74, 6) is -0.154. The second kappa shape index (κ2) is 13.0. The molecule has 0 saturated carbocycles. The molecule has 0 aliphatic carbocycles. The van der Waals surface area contributed by atoms with Gasteiger partial charge in [0.25, 0.3) is 5.91 Å². The van der Waals surface area contributed by atoms with Crippen molar-refractivity contribution < 1.29 is 37.0 Å². The van der Waals surface area contributed by atoms with Crippen LogP contribution in [0.2, 0.25) is 5.02 Å². The van der Waals surface area contributed by atoms with Gasteiger partial charge in [0.2, 0.25) is 5.60 Å². The standard InChI is InChI=1S/C33H34ClF3N4O5/c1-19(40-46-32(4,5)17-38)20-12-22(15-24(13-20)43-6)39-29(25-10-8-21(34)14-28(25)44-7)30(42)41-18-31(2,3)26-11-9-23(16-27(26)41)45-33(35,36)37/h8-16,29,39H,18H2,1-7H3/b40-19+. The lowest BCUT2D eigenvalue weighted by Gasteiger charge is -2.28. The second-order valence-electron chi connectivity index (χ2n) is 11.8. The van der Waals surface area contributed by atoms with Crippen molar-refractivity contribution in [3.05, 3.63) is 76.3 Å². The molecule has 9 nitrogen and oxygen atoms in total. The number of hydrogen-bond donors (Lipinski definition) is 1. The van der Waals surface area contributed by atoms with E-state index in [9.17, 15) is 23.2 Å². The van der Waals surface area contributed by atoms with Gasteiger partial charge in [-0.25, -0.2) is 0 Å². The number of carbonyl (C=O) groups excluding carboxylic acids is 1. The molecule has 0 radical (unpaired) electrons. The highest BCUT2D eigenvalue weighted by molar-refractivity contribution is 6.30. The molecule has 0 saturated heterocycles. The van der Waals surface area contributed by atoms with Gasteiger partial charge in [-0.1, -0.05) is 42.7 Å². The Morgan fingerprint density at radius 2 is 1.78 bits per heavy atom. The highest BCUT2D eigenvalue weighted by Gasteiger charge is 2.42. The predicted octanol–water partition coefficient (Wildman–Crippen LogP) is 7.78. The van der Waals surface area contributed by atoms with Crippen LogP contribution in [0.15, 0.2) is 59.8 Å². The van der Waals surface area contributed by atoms with E-state index >= 15 is 0 Å². The molecule has 0 fully saturated rings. The normalized spacial score (nSPS) is 15.0. The van der Waals surface area contributed by atoms with E-state index in [2.05, 4.69) is 15.2 Å². The molecule has 244 valence electrons. The maximum absolute atomic E-state index is 14.6. The van der Waals surface area contributed by atoms with Gasteiger partial charge in [0.05, 0.1) is 25.6 Å².